The lowest BCUT2D eigenvalue weighted by molar-refractivity contribution is -0.00465. The largest absolute Gasteiger partial charge is 0.398 e. The van der Waals surface area contributed by atoms with Crippen LogP contribution in [0.2, 0.25) is 0 Å². The predicted molar refractivity (Wildman–Crippen MR) is 72.5 cm³/mol. The van der Waals surface area contributed by atoms with Gasteiger partial charge < -0.3 is 15.4 Å². The molecule has 3 nitrogen and oxygen atoms in total. The van der Waals surface area contributed by atoms with E-state index in [0.717, 1.165) is 37.2 Å². The Morgan fingerprint density at radius 1 is 1.41 bits per heavy atom. The van der Waals surface area contributed by atoms with Crippen molar-refractivity contribution in [2.75, 3.05) is 30.8 Å². The van der Waals surface area contributed by atoms with Crippen molar-refractivity contribution in [2.24, 2.45) is 0 Å². The van der Waals surface area contributed by atoms with Crippen LogP contribution in [0.25, 0.3) is 0 Å². The predicted octanol–water partition coefficient (Wildman–Crippen LogP) is 2.58. The summed E-state index contributed by atoms with van der Waals surface area (Å²) in [5.74, 6) is 0. The van der Waals surface area contributed by atoms with Gasteiger partial charge in [0.2, 0.25) is 0 Å². The molecule has 3 heteroatoms. The van der Waals surface area contributed by atoms with Crippen LogP contribution in [0.3, 0.4) is 0 Å². The van der Waals surface area contributed by atoms with Crippen molar-refractivity contribution in [3.8, 4) is 0 Å². The molecule has 0 bridgehead atoms. The van der Waals surface area contributed by atoms with Crippen molar-refractivity contribution in [1.82, 2.24) is 0 Å². The quantitative estimate of drug-likeness (QED) is 0.799. The Morgan fingerprint density at radius 2 is 2.18 bits per heavy atom. The van der Waals surface area contributed by atoms with Crippen molar-refractivity contribution in [3.05, 3.63) is 23.8 Å². The number of ether oxygens (including phenoxy) is 1. The van der Waals surface area contributed by atoms with Gasteiger partial charge in [-0.2, -0.15) is 0 Å². The van der Waals surface area contributed by atoms with Crippen LogP contribution in [0.4, 0.5) is 11.4 Å². The van der Waals surface area contributed by atoms with Gasteiger partial charge in [-0.3, -0.25) is 0 Å². The fraction of sp³-hybridized carbons (Fsp3) is 0.571. The second-order valence-corrected chi connectivity index (χ2v) is 5.22. The molecule has 0 saturated carbocycles. The molecule has 0 radical (unpaired) electrons. The fourth-order valence-corrected chi connectivity index (χ4v) is 2.42. The first kappa shape index (κ1) is 12.2. The first-order chi connectivity index (χ1) is 8.04. The Hall–Kier alpha value is -1.22. The molecule has 1 atom stereocenters. The van der Waals surface area contributed by atoms with Crippen molar-refractivity contribution in [2.45, 2.75) is 32.3 Å². The van der Waals surface area contributed by atoms with Gasteiger partial charge in [0.05, 0.1) is 5.60 Å². The van der Waals surface area contributed by atoms with E-state index >= 15 is 0 Å². The third-order valence-electron chi connectivity index (χ3n) is 3.78. The zero-order valence-electron chi connectivity index (χ0n) is 11.0. The van der Waals surface area contributed by atoms with Crippen LogP contribution in [0.5, 0.6) is 0 Å². The number of piperidine rings is 1. The van der Waals surface area contributed by atoms with Crippen LogP contribution in [-0.4, -0.2) is 25.8 Å². The molecule has 1 heterocycles. The number of rotatable bonds is 2. The Bertz CT molecular complexity index is 405. The summed E-state index contributed by atoms with van der Waals surface area (Å²) in [5.41, 5.74) is 9.15. The van der Waals surface area contributed by atoms with Crippen LogP contribution in [-0.2, 0) is 4.74 Å². The highest BCUT2D eigenvalue weighted by Gasteiger charge is 2.30. The summed E-state index contributed by atoms with van der Waals surface area (Å²) in [5, 5.41) is 0. The minimum Gasteiger partial charge on any atom is -0.398 e. The number of hydrogen-bond acceptors (Lipinski definition) is 3. The van der Waals surface area contributed by atoms with Crippen molar-refractivity contribution in [3.63, 3.8) is 0 Å². The first-order valence-corrected chi connectivity index (χ1v) is 6.20. The van der Waals surface area contributed by atoms with E-state index in [1.165, 1.54) is 5.69 Å². The summed E-state index contributed by atoms with van der Waals surface area (Å²) in [6, 6.07) is 6.30. The van der Waals surface area contributed by atoms with Gasteiger partial charge in [0, 0.05) is 31.6 Å². The van der Waals surface area contributed by atoms with Gasteiger partial charge in [-0.05, 0) is 44.4 Å². The standard InChI is InChI=1S/C14H22N2O/c1-11-5-6-12(9-13(11)15)16-8-4-7-14(2,10-16)17-3/h5-6,9H,4,7-8,10,15H2,1-3H3. The minimum absolute atomic E-state index is 0.0299. The Balaban J connectivity index is 2.19. The van der Waals surface area contributed by atoms with E-state index in [4.69, 9.17) is 10.5 Å². The van der Waals surface area contributed by atoms with Crippen molar-refractivity contribution in [1.29, 1.82) is 0 Å². The highest BCUT2D eigenvalue weighted by Crippen LogP contribution is 2.29. The van der Waals surface area contributed by atoms with Crippen molar-refractivity contribution < 1.29 is 4.74 Å². The molecular weight excluding hydrogens is 212 g/mol. The van der Waals surface area contributed by atoms with Gasteiger partial charge in [-0.1, -0.05) is 6.07 Å². The lowest BCUT2D eigenvalue weighted by Crippen LogP contribution is -2.47. The maximum absolute atomic E-state index is 5.97. The molecule has 0 aromatic heterocycles. The molecule has 0 aliphatic carbocycles. The molecule has 2 N–H and O–H groups in total. The lowest BCUT2D eigenvalue weighted by atomic mass is 9.94. The topological polar surface area (TPSA) is 38.5 Å². The Labute approximate surface area is 104 Å². The monoisotopic (exact) mass is 234 g/mol. The molecule has 1 aliphatic heterocycles. The van der Waals surface area contributed by atoms with Crippen LogP contribution < -0.4 is 10.6 Å². The van der Waals surface area contributed by atoms with E-state index in [-0.39, 0.29) is 5.60 Å². The molecule has 1 aromatic carbocycles. The molecule has 1 unspecified atom stereocenters. The molecule has 1 aromatic rings. The number of hydrogen-bond donors (Lipinski definition) is 1. The first-order valence-electron chi connectivity index (χ1n) is 6.20. The number of nitrogen functional groups attached to an aromatic ring is 1. The number of benzene rings is 1. The molecule has 0 amide bonds. The third-order valence-corrected chi connectivity index (χ3v) is 3.78. The molecule has 0 spiro atoms. The summed E-state index contributed by atoms with van der Waals surface area (Å²) >= 11 is 0. The molecular formula is C14H22N2O. The van der Waals surface area contributed by atoms with E-state index in [1.54, 1.807) is 7.11 Å². The van der Waals surface area contributed by atoms with Gasteiger partial charge in [0.1, 0.15) is 0 Å². The van der Waals surface area contributed by atoms with Gasteiger partial charge in [-0.25, -0.2) is 0 Å². The minimum atomic E-state index is -0.0299. The molecule has 2 rings (SSSR count). The van der Waals surface area contributed by atoms with E-state index < -0.39 is 0 Å². The third kappa shape index (κ3) is 2.55. The lowest BCUT2D eigenvalue weighted by Gasteiger charge is -2.40. The summed E-state index contributed by atoms with van der Waals surface area (Å²) in [4.78, 5) is 2.36. The Morgan fingerprint density at radius 3 is 2.82 bits per heavy atom. The van der Waals surface area contributed by atoms with Gasteiger partial charge >= 0.3 is 0 Å². The molecule has 17 heavy (non-hydrogen) atoms. The van der Waals surface area contributed by atoms with E-state index in [9.17, 15) is 0 Å². The van der Waals surface area contributed by atoms with E-state index in [1.807, 2.05) is 6.92 Å². The fourth-order valence-electron chi connectivity index (χ4n) is 2.42. The molecule has 1 aliphatic rings. The smallest absolute Gasteiger partial charge is 0.0825 e. The van der Waals surface area contributed by atoms with E-state index in [0.29, 0.717) is 0 Å². The van der Waals surface area contributed by atoms with Gasteiger partial charge in [-0.15, -0.1) is 0 Å². The normalized spacial score (nSPS) is 25.0. The number of aryl methyl sites for hydroxylation is 1. The highest BCUT2D eigenvalue weighted by molar-refractivity contribution is 5.60. The summed E-state index contributed by atoms with van der Waals surface area (Å²) in [7, 11) is 1.80. The number of methoxy groups -OCH3 is 1. The number of anilines is 2. The maximum atomic E-state index is 5.97. The molecule has 1 fully saturated rings. The maximum Gasteiger partial charge on any atom is 0.0825 e. The van der Waals surface area contributed by atoms with Gasteiger partial charge in [0.25, 0.3) is 0 Å². The zero-order valence-corrected chi connectivity index (χ0v) is 11.0. The Kier molecular flexibility index (Phi) is 3.29. The number of nitrogens with two attached hydrogens (primary N) is 1. The van der Waals surface area contributed by atoms with Gasteiger partial charge in [0.15, 0.2) is 0 Å². The second-order valence-electron chi connectivity index (χ2n) is 5.22. The molecule has 1 saturated heterocycles. The number of nitrogens with zero attached hydrogens (tertiary/aromatic N) is 1. The van der Waals surface area contributed by atoms with Crippen LogP contribution >= 0.6 is 0 Å². The van der Waals surface area contributed by atoms with Crippen molar-refractivity contribution >= 4 is 11.4 Å². The zero-order chi connectivity index (χ0) is 12.5. The second kappa shape index (κ2) is 4.57. The summed E-state index contributed by atoms with van der Waals surface area (Å²) in [6.07, 6.45) is 2.29. The SMILES string of the molecule is COC1(C)CCCN(c2ccc(C)c(N)c2)C1. The average Bonchev–Trinajstić information content (AvgIpc) is 2.33. The molecule has 94 valence electrons. The summed E-state index contributed by atoms with van der Waals surface area (Å²) in [6.45, 7) is 6.23. The van der Waals surface area contributed by atoms with Crippen LogP contribution in [0.1, 0.15) is 25.3 Å². The average molecular weight is 234 g/mol. The van der Waals surface area contributed by atoms with Crippen LogP contribution in [0, 0.1) is 6.92 Å². The van der Waals surface area contributed by atoms with E-state index in [2.05, 4.69) is 30.0 Å². The highest BCUT2D eigenvalue weighted by atomic mass is 16.5. The summed E-state index contributed by atoms with van der Waals surface area (Å²) < 4.78 is 5.61. The van der Waals surface area contributed by atoms with Crippen LogP contribution in [0.15, 0.2) is 18.2 Å².